The number of hydrogen-bond acceptors (Lipinski definition) is 5. The Labute approximate surface area is 179 Å². The van der Waals surface area contributed by atoms with Gasteiger partial charge in [0.2, 0.25) is 5.91 Å². The highest BCUT2D eigenvalue weighted by atomic mass is 35.5. The summed E-state index contributed by atoms with van der Waals surface area (Å²) in [6.45, 7) is 4.03. The van der Waals surface area contributed by atoms with Crippen LogP contribution in [0.4, 0.5) is 5.69 Å². The second kappa shape index (κ2) is 11.0. The van der Waals surface area contributed by atoms with Gasteiger partial charge >= 0.3 is 0 Å². The molecule has 8 heteroatoms. The molecule has 0 radical (unpaired) electrons. The zero-order valence-electron chi connectivity index (χ0n) is 16.2. The minimum atomic E-state index is -0.0851. The number of benzene rings is 2. The van der Waals surface area contributed by atoms with Gasteiger partial charge in [0.25, 0.3) is 0 Å². The number of halogens is 1. The summed E-state index contributed by atoms with van der Waals surface area (Å²) in [5.74, 6) is 0.918. The number of ether oxygens (including phenoxy) is 1. The lowest BCUT2D eigenvalue weighted by atomic mass is 10.2. The SMILES string of the molecule is CCOCCCn1c(SCC(=O)Nc2ccccc2)nnc1-c1ccc(Cl)cc1. The maximum atomic E-state index is 12.3. The second-order valence-electron chi connectivity index (χ2n) is 6.22. The van der Waals surface area contributed by atoms with E-state index in [1.165, 1.54) is 11.8 Å². The highest BCUT2D eigenvalue weighted by molar-refractivity contribution is 7.99. The largest absolute Gasteiger partial charge is 0.382 e. The molecule has 0 aliphatic heterocycles. The Bertz CT molecular complexity index is 916. The minimum absolute atomic E-state index is 0.0851. The second-order valence-corrected chi connectivity index (χ2v) is 7.60. The minimum Gasteiger partial charge on any atom is -0.382 e. The summed E-state index contributed by atoms with van der Waals surface area (Å²) in [6, 6.07) is 16.9. The topological polar surface area (TPSA) is 69.0 Å². The van der Waals surface area contributed by atoms with Gasteiger partial charge in [-0.1, -0.05) is 41.6 Å². The van der Waals surface area contributed by atoms with Gasteiger partial charge in [-0.3, -0.25) is 4.79 Å². The molecule has 1 heterocycles. The standard InChI is InChI=1S/C21H23ClN4O2S/c1-2-28-14-6-13-26-20(16-9-11-17(22)12-10-16)24-25-21(26)29-15-19(27)23-18-7-4-3-5-8-18/h3-5,7-12H,2,6,13-15H2,1H3,(H,23,27). The lowest BCUT2D eigenvalue weighted by Gasteiger charge is -2.10. The molecule has 152 valence electrons. The molecular formula is C21H23ClN4O2S. The summed E-state index contributed by atoms with van der Waals surface area (Å²) in [4.78, 5) is 12.3. The van der Waals surface area contributed by atoms with Gasteiger partial charge < -0.3 is 14.6 Å². The molecule has 0 saturated heterocycles. The Morgan fingerprint density at radius 2 is 1.90 bits per heavy atom. The highest BCUT2D eigenvalue weighted by Gasteiger charge is 2.16. The molecule has 1 aromatic heterocycles. The molecule has 29 heavy (non-hydrogen) atoms. The maximum Gasteiger partial charge on any atom is 0.234 e. The van der Waals surface area contributed by atoms with Crippen molar-refractivity contribution in [1.29, 1.82) is 0 Å². The molecule has 0 unspecified atom stereocenters. The van der Waals surface area contributed by atoms with Gasteiger partial charge in [-0.2, -0.15) is 0 Å². The summed E-state index contributed by atoms with van der Waals surface area (Å²) in [5, 5.41) is 12.9. The van der Waals surface area contributed by atoms with Crippen LogP contribution in [0, 0.1) is 0 Å². The van der Waals surface area contributed by atoms with Crippen LogP contribution in [-0.2, 0) is 16.1 Å². The fourth-order valence-corrected chi connectivity index (χ4v) is 3.62. The number of amides is 1. The third-order valence-electron chi connectivity index (χ3n) is 4.08. The van der Waals surface area contributed by atoms with Crippen LogP contribution in [0.25, 0.3) is 11.4 Å². The number of aromatic nitrogens is 3. The van der Waals surface area contributed by atoms with Gasteiger partial charge in [-0.25, -0.2) is 0 Å². The van der Waals surface area contributed by atoms with Crippen molar-refractivity contribution < 1.29 is 9.53 Å². The highest BCUT2D eigenvalue weighted by Crippen LogP contribution is 2.25. The number of hydrogen-bond donors (Lipinski definition) is 1. The van der Waals surface area contributed by atoms with Crippen LogP contribution in [0.3, 0.4) is 0 Å². The lowest BCUT2D eigenvalue weighted by molar-refractivity contribution is -0.113. The third kappa shape index (κ3) is 6.32. The molecular weight excluding hydrogens is 408 g/mol. The number of anilines is 1. The Hall–Kier alpha value is -2.35. The van der Waals surface area contributed by atoms with Crippen molar-refractivity contribution in [2.45, 2.75) is 25.0 Å². The molecule has 0 spiro atoms. The van der Waals surface area contributed by atoms with E-state index in [4.69, 9.17) is 16.3 Å². The van der Waals surface area contributed by atoms with E-state index in [0.29, 0.717) is 29.9 Å². The molecule has 1 N–H and O–H groups in total. The first-order valence-electron chi connectivity index (χ1n) is 9.42. The molecule has 3 rings (SSSR count). The van der Waals surface area contributed by atoms with E-state index in [0.717, 1.165) is 23.5 Å². The van der Waals surface area contributed by atoms with Gasteiger partial charge in [0.1, 0.15) is 0 Å². The van der Waals surface area contributed by atoms with Crippen LogP contribution < -0.4 is 5.32 Å². The van der Waals surface area contributed by atoms with E-state index in [2.05, 4.69) is 15.5 Å². The fraction of sp³-hybridized carbons (Fsp3) is 0.286. The summed E-state index contributed by atoms with van der Waals surface area (Å²) >= 11 is 7.37. The summed E-state index contributed by atoms with van der Waals surface area (Å²) in [6.07, 6.45) is 0.830. The normalized spacial score (nSPS) is 10.8. The van der Waals surface area contributed by atoms with Gasteiger partial charge in [0, 0.05) is 36.0 Å². The molecule has 0 atom stereocenters. The van der Waals surface area contributed by atoms with Crippen LogP contribution >= 0.6 is 23.4 Å². The van der Waals surface area contributed by atoms with Crippen LogP contribution in [0.1, 0.15) is 13.3 Å². The molecule has 1 amide bonds. The van der Waals surface area contributed by atoms with Crippen LogP contribution in [0.15, 0.2) is 59.8 Å². The number of para-hydroxylation sites is 1. The zero-order valence-corrected chi connectivity index (χ0v) is 17.7. The summed E-state index contributed by atoms with van der Waals surface area (Å²) in [7, 11) is 0. The molecule has 0 saturated carbocycles. The van der Waals surface area contributed by atoms with Crippen molar-refractivity contribution >= 4 is 35.0 Å². The number of thioether (sulfide) groups is 1. The predicted octanol–water partition coefficient (Wildman–Crippen LogP) is 4.76. The Morgan fingerprint density at radius 3 is 2.62 bits per heavy atom. The van der Waals surface area contributed by atoms with Crippen molar-refractivity contribution in [3.8, 4) is 11.4 Å². The lowest BCUT2D eigenvalue weighted by Crippen LogP contribution is -2.14. The number of rotatable bonds is 10. The van der Waals surface area contributed by atoms with Gasteiger partial charge in [0.05, 0.1) is 5.75 Å². The van der Waals surface area contributed by atoms with Gasteiger partial charge in [-0.05, 0) is 49.7 Å². The molecule has 6 nitrogen and oxygen atoms in total. The maximum absolute atomic E-state index is 12.3. The zero-order chi connectivity index (χ0) is 20.5. The third-order valence-corrected chi connectivity index (χ3v) is 5.30. The average molecular weight is 431 g/mol. The van der Waals surface area contributed by atoms with Gasteiger partial charge in [0.15, 0.2) is 11.0 Å². The van der Waals surface area contributed by atoms with E-state index in [1.807, 2.05) is 66.1 Å². The Morgan fingerprint density at radius 1 is 1.14 bits per heavy atom. The van der Waals surface area contributed by atoms with Crippen molar-refractivity contribution in [2.24, 2.45) is 0 Å². The van der Waals surface area contributed by atoms with Crippen molar-refractivity contribution in [3.63, 3.8) is 0 Å². The molecule has 3 aromatic rings. The molecule has 0 aliphatic carbocycles. The summed E-state index contributed by atoms with van der Waals surface area (Å²) in [5.41, 5.74) is 1.71. The van der Waals surface area contributed by atoms with E-state index >= 15 is 0 Å². The quantitative estimate of drug-likeness (QED) is 0.371. The number of carbonyl (C=O) groups is 1. The van der Waals surface area contributed by atoms with E-state index < -0.39 is 0 Å². The first-order chi connectivity index (χ1) is 14.2. The number of carbonyl (C=O) groups excluding carboxylic acids is 1. The van der Waals surface area contributed by atoms with E-state index in [-0.39, 0.29) is 11.7 Å². The molecule has 2 aromatic carbocycles. The van der Waals surface area contributed by atoms with Crippen LogP contribution in [-0.4, -0.2) is 39.6 Å². The molecule has 0 fully saturated rings. The fourth-order valence-electron chi connectivity index (χ4n) is 2.73. The summed E-state index contributed by atoms with van der Waals surface area (Å²) < 4.78 is 7.49. The van der Waals surface area contributed by atoms with Gasteiger partial charge in [-0.15, -0.1) is 10.2 Å². The molecule has 0 aliphatic rings. The smallest absolute Gasteiger partial charge is 0.234 e. The number of nitrogens with one attached hydrogen (secondary N) is 1. The van der Waals surface area contributed by atoms with E-state index in [9.17, 15) is 4.79 Å². The Kier molecular flexibility index (Phi) is 8.10. The van der Waals surface area contributed by atoms with E-state index in [1.54, 1.807) is 0 Å². The van der Waals surface area contributed by atoms with Crippen LogP contribution in [0.5, 0.6) is 0 Å². The van der Waals surface area contributed by atoms with Crippen molar-refractivity contribution in [3.05, 3.63) is 59.6 Å². The predicted molar refractivity (Wildman–Crippen MR) is 117 cm³/mol. The first kappa shape index (κ1) is 21.4. The Balaban J connectivity index is 1.71. The average Bonchev–Trinajstić information content (AvgIpc) is 3.14. The monoisotopic (exact) mass is 430 g/mol. The van der Waals surface area contributed by atoms with Crippen LogP contribution in [0.2, 0.25) is 5.02 Å². The number of nitrogens with zero attached hydrogens (tertiary/aromatic N) is 3. The molecule has 0 bridgehead atoms. The van der Waals surface area contributed by atoms with Crippen molar-refractivity contribution in [1.82, 2.24) is 14.8 Å². The van der Waals surface area contributed by atoms with Crippen molar-refractivity contribution in [2.75, 3.05) is 24.3 Å². The first-order valence-corrected chi connectivity index (χ1v) is 10.8.